The van der Waals surface area contributed by atoms with E-state index in [4.69, 9.17) is 10.5 Å². The zero-order chi connectivity index (χ0) is 17.6. The molecule has 1 aromatic heterocycles. The van der Waals surface area contributed by atoms with Crippen LogP contribution in [-0.2, 0) is 20.7 Å². The van der Waals surface area contributed by atoms with Crippen molar-refractivity contribution in [1.29, 1.82) is 0 Å². The van der Waals surface area contributed by atoms with Gasteiger partial charge in [0.25, 0.3) is 0 Å². The summed E-state index contributed by atoms with van der Waals surface area (Å²) in [5, 5.41) is 3.99. The molecule has 3 N–H and O–H groups in total. The molecule has 3 rings (SSSR count). The first-order chi connectivity index (χ1) is 12.1. The van der Waals surface area contributed by atoms with Crippen LogP contribution in [0.5, 0.6) is 0 Å². The summed E-state index contributed by atoms with van der Waals surface area (Å²) in [5.41, 5.74) is 7.42. The number of benzene rings is 1. The van der Waals surface area contributed by atoms with E-state index in [0.29, 0.717) is 26.1 Å². The summed E-state index contributed by atoms with van der Waals surface area (Å²) in [6.45, 7) is 1.92. The highest BCUT2D eigenvalue weighted by atomic mass is 16.5. The van der Waals surface area contributed by atoms with E-state index in [1.807, 2.05) is 30.3 Å². The second-order valence-electron chi connectivity index (χ2n) is 6.06. The summed E-state index contributed by atoms with van der Waals surface area (Å²) < 4.78 is 5.25. The Morgan fingerprint density at radius 1 is 1.32 bits per heavy atom. The Morgan fingerprint density at radius 2 is 2.16 bits per heavy atom. The molecule has 0 aliphatic carbocycles. The minimum absolute atomic E-state index is 0.124. The van der Waals surface area contributed by atoms with Gasteiger partial charge in [-0.1, -0.05) is 24.3 Å². The number of carbonyl (C=O) groups is 2. The van der Waals surface area contributed by atoms with Gasteiger partial charge in [0.05, 0.1) is 25.3 Å². The second kappa shape index (κ2) is 8.04. The highest BCUT2D eigenvalue weighted by molar-refractivity contribution is 5.83. The molecule has 1 fully saturated rings. The van der Waals surface area contributed by atoms with E-state index in [2.05, 4.69) is 10.3 Å². The number of amides is 2. The van der Waals surface area contributed by atoms with Crippen molar-refractivity contribution in [2.24, 2.45) is 5.73 Å². The third kappa shape index (κ3) is 4.32. The summed E-state index contributed by atoms with van der Waals surface area (Å²) in [4.78, 5) is 29.8. The van der Waals surface area contributed by atoms with Gasteiger partial charge in [-0.15, -0.1) is 0 Å². The standard InChI is InChI=1S/C18H22N4O3/c19-18(24)15-12-25-10-9-22(15)11-16(23)20-8-6-14-4-1-3-13-5-2-7-21-17(13)14/h1-5,7,15H,6,8-12H2,(H2,19,24)(H,20,23). The number of para-hydroxylation sites is 1. The largest absolute Gasteiger partial charge is 0.378 e. The number of primary amides is 1. The molecule has 0 saturated carbocycles. The summed E-state index contributed by atoms with van der Waals surface area (Å²) in [5.74, 6) is -0.587. The van der Waals surface area contributed by atoms with Crippen molar-refractivity contribution in [2.45, 2.75) is 12.5 Å². The molecule has 132 valence electrons. The number of pyridine rings is 1. The predicted octanol–water partition coefficient (Wildman–Crippen LogP) is 0.0796. The molecule has 2 heterocycles. The smallest absolute Gasteiger partial charge is 0.237 e. The van der Waals surface area contributed by atoms with Crippen molar-refractivity contribution < 1.29 is 14.3 Å². The second-order valence-corrected chi connectivity index (χ2v) is 6.06. The topological polar surface area (TPSA) is 97.6 Å². The van der Waals surface area contributed by atoms with Gasteiger partial charge in [-0.25, -0.2) is 0 Å². The predicted molar refractivity (Wildman–Crippen MR) is 93.8 cm³/mol. The van der Waals surface area contributed by atoms with E-state index in [0.717, 1.165) is 16.5 Å². The van der Waals surface area contributed by atoms with Gasteiger partial charge in [0, 0.05) is 24.7 Å². The lowest BCUT2D eigenvalue weighted by molar-refractivity contribution is -0.132. The molecule has 1 saturated heterocycles. The van der Waals surface area contributed by atoms with Crippen molar-refractivity contribution in [3.05, 3.63) is 42.1 Å². The van der Waals surface area contributed by atoms with Crippen LogP contribution >= 0.6 is 0 Å². The Hall–Kier alpha value is -2.51. The Bertz CT molecular complexity index is 760. The first-order valence-electron chi connectivity index (χ1n) is 8.35. The molecule has 1 aromatic carbocycles. The summed E-state index contributed by atoms with van der Waals surface area (Å²) in [6.07, 6.45) is 2.47. The summed E-state index contributed by atoms with van der Waals surface area (Å²) in [6, 6.07) is 9.42. The number of fused-ring (bicyclic) bond motifs is 1. The van der Waals surface area contributed by atoms with Gasteiger partial charge in [-0.3, -0.25) is 19.5 Å². The molecule has 2 aromatic rings. The molecule has 0 radical (unpaired) electrons. The Balaban J connectivity index is 1.53. The van der Waals surface area contributed by atoms with Crippen molar-refractivity contribution >= 4 is 22.7 Å². The first-order valence-corrected chi connectivity index (χ1v) is 8.35. The molecule has 1 aliphatic heterocycles. The van der Waals surface area contributed by atoms with E-state index < -0.39 is 11.9 Å². The van der Waals surface area contributed by atoms with Crippen molar-refractivity contribution in [2.75, 3.05) is 32.8 Å². The number of nitrogens with two attached hydrogens (primary N) is 1. The van der Waals surface area contributed by atoms with Crippen LogP contribution < -0.4 is 11.1 Å². The van der Waals surface area contributed by atoms with Gasteiger partial charge in [0.1, 0.15) is 6.04 Å². The molecule has 7 heteroatoms. The number of nitrogens with zero attached hydrogens (tertiary/aromatic N) is 2. The molecule has 1 atom stereocenters. The zero-order valence-electron chi connectivity index (χ0n) is 14.0. The molecule has 1 aliphatic rings. The highest BCUT2D eigenvalue weighted by Gasteiger charge is 2.28. The number of carbonyl (C=O) groups excluding carboxylic acids is 2. The quantitative estimate of drug-likeness (QED) is 0.775. The number of aromatic nitrogens is 1. The number of nitrogens with one attached hydrogen (secondary N) is 1. The molecule has 25 heavy (non-hydrogen) atoms. The zero-order valence-corrected chi connectivity index (χ0v) is 14.0. The van der Waals surface area contributed by atoms with Gasteiger partial charge in [0.2, 0.25) is 11.8 Å². The maximum atomic E-state index is 12.2. The number of hydrogen-bond donors (Lipinski definition) is 2. The van der Waals surface area contributed by atoms with Crippen LogP contribution in [0.3, 0.4) is 0 Å². The normalized spacial score (nSPS) is 18.2. The molecule has 7 nitrogen and oxygen atoms in total. The lowest BCUT2D eigenvalue weighted by atomic mass is 10.1. The molecule has 0 spiro atoms. The Labute approximate surface area is 146 Å². The Kier molecular flexibility index (Phi) is 5.57. The van der Waals surface area contributed by atoms with Crippen LogP contribution in [0, 0.1) is 0 Å². The van der Waals surface area contributed by atoms with Gasteiger partial charge in [-0.2, -0.15) is 0 Å². The van der Waals surface area contributed by atoms with Crippen LogP contribution in [0.4, 0.5) is 0 Å². The van der Waals surface area contributed by atoms with Crippen molar-refractivity contribution in [3.63, 3.8) is 0 Å². The fourth-order valence-electron chi connectivity index (χ4n) is 3.04. The van der Waals surface area contributed by atoms with Gasteiger partial charge >= 0.3 is 0 Å². The summed E-state index contributed by atoms with van der Waals surface area (Å²) >= 11 is 0. The van der Waals surface area contributed by atoms with Gasteiger partial charge < -0.3 is 15.8 Å². The number of ether oxygens (including phenoxy) is 1. The average Bonchev–Trinajstić information content (AvgIpc) is 2.62. The lowest BCUT2D eigenvalue weighted by Gasteiger charge is -2.32. The summed E-state index contributed by atoms with van der Waals surface area (Å²) in [7, 11) is 0. The van der Waals surface area contributed by atoms with Crippen LogP contribution in [0.15, 0.2) is 36.5 Å². The van der Waals surface area contributed by atoms with E-state index in [-0.39, 0.29) is 19.1 Å². The van der Waals surface area contributed by atoms with Crippen molar-refractivity contribution in [1.82, 2.24) is 15.2 Å². The van der Waals surface area contributed by atoms with E-state index in [1.54, 1.807) is 11.1 Å². The van der Waals surface area contributed by atoms with E-state index >= 15 is 0 Å². The first kappa shape index (κ1) is 17.3. The minimum Gasteiger partial charge on any atom is -0.378 e. The monoisotopic (exact) mass is 342 g/mol. The number of rotatable bonds is 6. The molecule has 0 bridgehead atoms. The maximum Gasteiger partial charge on any atom is 0.237 e. The number of morpholine rings is 1. The van der Waals surface area contributed by atoms with Crippen LogP contribution in [0.25, 0.3) is 10.9 Å². The lowest BCUT2D eigenvalue weighted by Crippen LogP contribution is -2.55. The Morgan fingerprint density at radius 3 is 3.00 bits per heavy atom. The third-order valence-corrected chi connectivity index (χ3v) is 4.35. The minimum atomic E-state index is -0.540. The van der Waals surface area contributed by atoms with Gasteiger partial charge in [-0.05, 0) is 18.1 Å². The van der Waals surface area contributed by atoms with E-state index in [1.165, 1.54) is 0 Å². The number of hydrogen-bond acceptors (Lipinski definition) is 5. The van der Waals surface area contributed by atoms with E-state index in [9.17, 15) is 9.59 Å². The molecule has 2 amide bonds. The van der Waals surface area contributed by atoms with Gasteiger partial charge in [0.15, 0.2) is 0 Å². The molecular formula is C18H22N4O3. The third-order valence-electron chi connectivity index (χ3n) is 4.35. The van der Waals surface area contributed by atoms with Crippen molar-refractivity contribution in [3.8, 4) is 0 Å². The fraction of sp³-hybridized carbons (Fsp3) is 0.389. The van der Waals surface area contributed by atoms with Crippen LogP contribution in [0.2, 0.25) is 0 Å². The van der Waals surface area contributed by atoms with Crippen LogP contribution in [0.1, 0.15) is 5.56 Å². The molecular weight excluding hydrogens is 320 g/mol. The maximum absolute atomic E-state index is 12.2. The highest BCUT2D eigenvalue weighted by Crippen LogP contribution is 2.16. The SMILES string of the molecule is NC(=O)C1COCCN1CC(=O)NCCc1cccc2cccnc12. The average molecular weight is 342 g/mol. The van der Waals surface area contributed by atoms with Crippen LogP contribution in [-0.4, -0.2) is 60.6 Å². The fourth-order valence-corrected chi connectivity index (χ4v) is 3.04. The molecule has 1 unspecified atom stereocenters.